The summed E-state index contributed by atoms with van der Waals surface area (Å²) in [6.45, 7) is 8.49. The van der Waals surface area contributed by atoms with Crippen LogP contribution < -0.4 is 5.32 Å². The van der Waals surface area contributed by atoms with Crippen molar-refractivity contribution in [3.8, 4) is 0 Å². The van der Waals surface area contributed by atoms with Crippen molar-refractivity contribution in [3.05, 3.63) is 0 Å². The Hall–Kier alpha value is -0.160. The van der Waals surface area contributed by atoms with Crippen LogP contribution >= 0.6 is 0 Å². The molecule has 3 unspecified atom stereocenters. The highest BCUT2D eigenvalue weighted by molar-refractivity contribution is 4.75. The summed E-state index contributed by atoms with van der Waals surface area (Å²) in [5.74, 6) is 0.696. The summed E-state index contributed by atoms with van der Waals surface area (Å²) >= 11 is 0. The van der Waals surface area contributed by atoms with E-state index in [9.17, 15) is 5.11 Å². The Bertz CT molecular complexity index is 239. The maximum absolute atomic E-state index is 9.96. The number of rotatable bonds is 10. The molecule has 0 heterocycles. The van der Waals surface area contributed by atoms with Gasteiger partial charge in [-0.05, 0) is 32.4 Å². The quantitative estimate of drug-likeness (QED) is 0.602. The van der Waals surface area contributed by atoms with Crippen LogP contribution in [0, 0.1) is 5.92 Å². The van der Waals surface area contributed by atoms with Crippen molar-refractivity contribution in [2.75, 3.05) is 39.8 Å². The Morgan fingerprint density at radius 3 is 2.75 bits per heavy atom. The van der Waals surface area contributed by atoms with Crippen LogP contribution in [-0.2, 0) is 4.74 Å². The smallest absolute Gasteiger partial charge is 0.0897 e. The van der Waals surface area contributed by atoms with Crippen molar-refractivity contribution in [3.63, 3.8) is 0 Å². The van der Waals surface area contributed by atoms with E-state index in [0.29, 0.717) is 25.2 Å². The van der Waals surface area contributed by atoms with E-state index in [-0.39, 0.29) is 6.10 Å². The van der Waals surface area contributed by atoms with Crippen molar-refractivity contribution in [2.24, 2.45) is 5.92 Å². The summed E-state index contributed by atoms with van der Waals surface area (Å²) in [6.07, 6.45) is 6.25. The van der Waals surface area contributed by atoms with Crippen LogP contribution in [0.25, 0.3) is 0 Å². The molecule has 0 aromatic heterocycles. The molecule has 0 aromatic carbocycles. The number of likely N-dealkylation sites (N-methyl/N-ethyl adjacent to an activating group) is 1. The average Bonchev–Trinajstić information content (AvgIpc) is 2.49. The molecule has 0 aliphatic heterocycles. The maximum Gasteiger partial charge on any atom is 0.0897 e. The molecule has 3 atom stereocenters. The van der Waals surface area contributed by atoms with Gasteiger partial charge < -0.3 is 20.1 Å². The number of nitrogens with one attached hydrogen (secondary N) is 1. The van der Waals surface area contributed by atoms with E-state index in [0.717, 1.165) is 19.6 Å². The van der Waals surface area contributed by atoms with Gasteiger partial charge in [-0.25, -0.2) is 0 Å². The van der Waals surface area contributed by atoms with Crippen molar-refractivity contribution in [2.45, 2.75) is 58.2 Å². The lowest BCUT2D eigenvalue weighted by Crippen LogP contribution is -2.37. The number of aliphatic hydroxyl groups excluding tert-OH is 1. The standard InChI is InChI=1S/C16H34N2O2/c1-4-14-8-6-7-9-16(14)20-13-15(19)12-17-10-11-18(3)5-2/h14-17,19H,4-13H2,1-3H3. The molecule has 120 valence electrons. The van der Waals surface area contributed by atoms with Gasteiger partial charge in [0.05, 0.1) is 18.8 Å². The highest BCUT2D eigenvalue weighted by atomic mass is 16.5. The molecule has 1 aliphatic rings. The van der Waals surface area contributed by atoms with Gasteiger partial charge in [0.25, 0.3) is 0 Å². The Labute approximate surface area is 124 Å². The van der Waals surface area contributed by atoms with Gasteiger partial charge in [0.2, 0.25) is 0 Å². The first kappa shape index (κ1) is 17.9. The molecular weight excluding hydrogens is 252 g/mol. The number of aliphatic hydroxyl groups is 1. The Kier molecular flexibility index (Phi) is 9.44. The fraction of sp³-hybridized carbons (Fsp3) is 1.00. The van der Waals surface area contributed by atoms with Crippen LogP contribution in [0.3, 0.4) is 0 Å². The monoisotopic (exact) mass is 286 g/mol. The van der Waals surface area contributed by atoms with Gasteiger partial charge in [0.1, 0.15) is 0 Å². The first-order chi connectivity index (χ1) is 9.67. The predicted octanol–water partition coefficient (Wildman–Crippen LogP) is 1.87. The average molecular weight is 286 g/mol. The molecule has 20 heavy (non-hydrogen) atoms. The molecule has 0 bridgehead atoms. The summed E-state index contributed by atoms with van der Waals surface area (Å²) in [6, 6.07) is 0. The molecule has 0 aromatic rings. The van der Waals surface area contributed by atoms with Gasteiger partial charge in [-0.3, -0.25) is 0 Å². The van der Waals surface area contributed by atoms with E-state index in [1.807, 2.05) is 0 Å². The van der Waals surface area contributed by atoms with Crippen LogP contribution in [0.5, 0.6) is 0 Å². The molecule has 0 spiro atoms. The minimum Gasteiger partial charge on any atom is -0.389 e. The number of hydrogen-bond acceptors (Lipinski definition) is 4. The topological polar surface area (TPSA) is 44.7 Å². The Balaban J connectivity index is 2.08. The number of ether oxygens (including phenoxy) is 1. The Morgan fingerprint density at radius 2 is 2.05 bits per heavy atom. The first-order valence-electron chi connectivity index (χ1n) is 8.36. The lowest BCUT2D eigenvalue weighted by molar-refractivity contribution is -0.0498. The van der Waals surface area contributed by atoms with Crippen molar-refractivity contribution < 1.29 is 9.84 Å². The second-order valence-electron chi connectivity index (χ2n) is 6.08. The normalized spacial score (nSPS) is 25.1. The van der Waals surface area contributed by atoms with Gasteiger partial charge >= 0.3 is 0 Å². The predicted molar refractivity (Wildman–Crippen MR) is 84.0 cm³/mol. The third kappa shape index (κ3) is 7.02. The van der Waals surface area contributed by atoms with E-state index in [1.54, 1.807) is 0 Å². The molecule has 0 amide bonds. The van der Waals surface area contributed by atoms with E-state index >= 15 is 0 Å². The fourth-order valence-corrected chi connectivity index (χ4v) is 2.85. The highest BCUT2D eigenvalue weighted by Gasteiger charge is 2.24. The largest absolute Gasteiger partial charge is 0.389 e. The summed E-state index contributed by atoms with van der Waals surface area (Å²) < 4.78 is 5.95. The second-order valence-corrected chi connectivity index (χ2v) is 6.08. The minimum absolute atomic E-state index is 0.370. The zero-order chi connectivity index (χ0) is 14.8. The Morgan fingerprint density at radius 1 is 1.30 bits per heavy atom. The van der Waals surface area contributed by atoms with Crippen LogP contribution in [0.1, 0.15) is 46.0 Å². The van der Waals surface area contributed by atoms with Crippen molar-refractivity contribution in [1.29, 1.82) is 0 Å². The van der Waals surface area contributed by atoms with E-state index < -0.39 is 0 Å². The summed E-state index contributed by atoms with van der Waals surface area (Å²) in [5.41, 5.74) is 0. The molecular formula is C16H34N2O2. The van der Waals surface area contributed by atoms with E-state index in [1.165, 1.54) is 32.1 Å². The van der Waals surface area contributed by atoms with E-state index in [2.05, 4.69) is 31.1 Å². The third-order valence-electron chi connectivity index (χ3n) is 4.46. The van der Waals surface area contributed by atoms with Gasteiger partial charge in [-0.2, -0.15) is 0 Å². The molecule has 1 aliphatic carbocycles. The summed E-state index contributed by atoms with van der Waals surface area (Å²) in [7, 11) is 2.11. The summed E-state index contributed by atoms with van der Waals surface area (Å²) in [5, 5.41) is 13.3. The molecule has 1 rings (SSSR count). The molecule has 1 saturated carbocycles. The van der Waals surface area contributed by atoms with Crippen LogP contribution in [-0.4, -0.2) is 62.0 Å². The lowest BCUT2D eigenvalue weighted by Gasteiger charge is -2.31. The van der Waals surface area contributed by atoms with Gasteiger partial charge in [-0.15, -0.1) is 0 Å². The molecule has 0 radical (unpaired) electrons. The zero-order valence-electron chi connectivity index (χ0n) is 13.6. The summed E-state index contributed by atoms with van der Waals surface area (Å²) in [4.78, 5) is 2.25. The molecule has 0 saturated heterocycles. The maximum atomic E-state index is 9.96. The van der Waals surface area contributed by atoms with Gasteiger partial charge in [-0.1, -0.05) is 33.1 Å². The molecule has 4 nitrogen and oxygen atoms in total. The lowest BCUT2D eigenvalue weighted by atomic mass is 9.85. The van der Waals surface area contributed by atoms with E-state index in [4.69, 9.17) is 4.74 Å². The van der Waals surface area contributed by atoms with Crippen molar-refractivity contribution >= 4 is 0 Å². The number of nitrogens with zero attached hydrogens (tertiary/aromatic N) is 1. The number of hydrogen-bond donors (Lipinski definition) is 2. The first-order valence-corrected chi connectivity index (χ1v) is 8.36. The third-order valence-corrected chi connectivity index (χ3v) is 4.46. The second kappa shape index (κ2) is 10.6. The minimum atomic E-state index is -0.388. The fourth-order valence-electron chi connectivity index (χ4n) is 2.85. The van der Waals surface area contributed by atoms with Crippen LogP contribution in [0.2, 0.25) is 0 Å². The molecule has 4 heteroatoms. The van der Waals surface area contributed by atoms with Gasteiger partial charge in [0, 0.05) is 19.6 Å². The molecule has 1 fully saturated rings. The van der Waals surface area contributed by atoms with Crippen LogP contribution in [0.15, 0.2) is 0 Å². The van der Waals surface area contributed by atoms with Crippen molar-refractivity contribution in [1.82, 2.24) is 10.2 Å². The van der Waals surface area contributed by atoms with Gasteiger partial charge in [0.15, 0.2) is 0 Å². The van der Waals surface area contributed by atoms with Crippen LogP contribution in [0.4, 0.5) is 0 Å². The highest BCUT2D eigenvalue weighted by Crippen LogP contribution is 2.29. The molecule has 2 N–H and O–H groups in total. The zero-order valence-corrected chi connectivity index (χ0v) is 13.6. The SMILES string of the molecule is CCC1CCCCC1OCC(O)CNCCN(C)CC.